The molecule has 12 heteroatoms. The van der Waals surface area contributed by atoms with E-state index in [2.05, 4.69) is 0 Å². The lowest BCUT2D eigenvalue weighted by atomic mass is 10.1. The first-order valence-electron chi connectivity index (χ1n) is 8.12. The third-order valence-corrected chi connectivity index (χ3v) is 4.46. The highest BCUT2D eigenvalue weighted by atomic mass is 35.5. The SMILES string of the molecule is CCOC(=O)c1cn(-c2ccc(F)c([N+](=O)[O-])c2)c2c(Cl)c(F)c(F)c(F)c2c1=O. The summed E-state index contributed by atoms with van der Waals surface area (Å²) in [5.74, 6) is -8.23. The fourth-order valence-corrected chi connectivity index (χ4v) is 3.06. The average Bonchev–Trinajstić information content (AvgIpc) is 2.70. The molecular weight excluding hydrogens is 436 g/mol. The molecule has 7 nitrogen and oxygen atoms in total. The number of esters is 1. The summed E-state index contributed by atoms with van der Waals surface area (Å²) in [7, 11) is 0. The van der Waals surface area contributed by atoms with Gasteiger partial charge in [-0.25, -0.2) is 18.0 Å². The predicted molar refractivity (Wildman–Crippen MR) is 97.0 cm³/mol. The van der Waals surface area contributed by atoms with Gasteiger partial charge >= 0.3 is 11.7 Å². The molecule has 0 aliphatic heterocycles. The number of pyridine rings is 1. The normalized spacial score (nSPS) is 11.0. The molecule has 0 bridgehead atoms. The first-order valence-corrected chi connectivity index (χ1v) is 8.50. The Kier molecular flexibility index (Phi) is 5.49. The van der Waals surface area contributed by atoms with Crippen LogP contribution >= 0.6 is 11.6 Å². The van der Waals surface area contributed by atoms with Gasteiger partial charge in [-0.3, -0.25) is 14.9 Å². The van der Waals surface area contributed by atoms with Crippen molar-refractivity contribution >= 4 is 34.2 Å². The Morgan fingerprint density at radius 3 is 2.47 bits per heavy atom. The number of rotatable bonds is 4. The van der Waals surface area contributed by atoms with E-state index in [0.29, 0.717) is 12.1 Å². The monoisotopic (exact) mass is 444 g/mol. The lowest BCUT2D eigenvalue weighted by Gasteiger charge is -2.16. The minimum atomic E-state index is -2.05. The van der Waals surface area contributed by atoms with E-state index in [1.807, 2.05) is 0 Å². The van der Waals surface area contributed by atoms with Crippen molar-refractivity contribution in [3.63, 3.8) is 0 Å². The maximum atomic E-state index is 14.5. The fourth-order valence-electron chi connectivity index (χ4n) is 2.79. The number of nitro benzene ring substituents is 1. The molecule has 0 unspecified atom stereocenters. The second kappa shape index (κ2) is 7.75. The molecule has 1 aromatic heterocycles. The van der Waals surface area contributed by atoms with Crippen LogP contribution in [0.15, 0.2) is 29.2 Å². The molecule has 0 aliphatic carbocycles. The molecule has 0 aliphatic rings. The third kappa shape index (κ3) is 3.26. The quantitative estimate of drug-likeness (QED) is 0.149. The van der Waals surface area contributed by atoms with Gasteiger partial charge in [0.2, 0.25) is 11.2 Å². The number of hydrogen-bond acceptors (Lipinski definition) is 5. The summed E-state index contributed by atoms with van der Waals surface area (Å²) in [5, 5.41) is 8.93. The Morgan fingerprint density at radius 1 is 1.20 bits per heavy atom. The number of nitrogens with zero attached hydrogens (tertiary/aromatic N) is 2. The van der Waals surface area contributed by atoms with Crippen LogP contribution in [-0.4, -0.2) is 22.1 Å². The van der Waals surface area contributed by atoms with E-state index in [4.69, 9.17) is 16.3 Å². The Hall–Kier alpha value is -3.47. The summed E-state index contributed by atoms with van der Waals surface area (Å²) < 4.78 is 61.6. The Morgan fingerprint density at radius 2 is 1.87 bits per heavy atom. The Balaban J connectivity index is 2.54. The highest BCUT2D eigenvalue weighted by Gasteiger charge is 2.28. The molecule has 3 aromatic rings. The first kappa shape index (κ1) is 21.2. The number of aromatic nitrogens is 1. The van der Waals surface area contributed by atoms with Gasteiger partial charge in [0.05, 0.1) is 28.1 Å². The van der Waals surface area contributed by atoms with Crippen LogP contribution in [-0.2, 0) is 4.74 Å². The zero-order chi connectivity index (χ0) is 22.3. The molecule has 0 atom stereocenters. The average molecular weight is 445 g/mol. The van der Waals surface area contributed by atoms with E-state index in [-0.39, 0.29) is 12.3 Å². The molecule has 30 heavy (non-hydrogen) atoms. The van der Waals surface area contributed by atoms with Crippen LogP contribution in [0.2, 0.25) is 5.02 Å². The maximum Gasteiger partial charge on any atom is 0.343 e. The zero-order valence-corrected chi connectivity index (χ0v) is 15.6. The molecule has 2 aromatic carbocycles. The fraction of sp³-hybridized carbons (Fsp3) is 0.111. The van der Waals surface area contributed by atoms with Crippen LogP contribution in [0.3, 0.4) is 0 Å². The summed E-state index contributed by atoms with van der Waals surface area (Å²) >= 11 is 5.79. The van der Waals surface area contributed by atoms with Crippen LogP contribution in [0.1, 0.15) is 17.3 Å². The van der Waals surface area contributed by atoms with Gasteiger partial charge in [-0.05, 0) is 19.1 Å². The number of ether oxygens (including phenoxy) is 1. The highest BCUT2D eigenvalue weighted by Crippen LogP contribution is 2.33. The van der Waals surface area contributed by atoms with Crippen LogP contribution in [0.5, 0.6) is 0 Å². The van der Waals surface area contributed by atoms with Gasteiger partial charge in [0.25, 0.3) is 0 Å². The molecule has 1 heterocycles. The number of carbonyl (C=O) groups is 1. The summed E-state index contributed by atoms with van der Waals surface area (Å²) in [4.78, 5) is 34.7. The van der Waals surface area contributed by atoms with Gasteiger partial charge in [-0.2, -0.15) is 4.39 Å². The van der Waals surface area contributed by atoms with Crippen molar-refractivity contribution in [1.82, 2.24) is 4.57 Å². The van der Waals surface area contributed by atoms with Crippen molar-refractivity contribution in [1.29, 1.82) is 0 Å². The van der Waals surface area contributed by atoms with Gasteiger partial charge in [-0.1, -0.05) is 11.6 Å². The van der Waals surface area contributed by atoms with E-state index in [9.17, 15) is 37.3 Å². The molecular formula is C18H9ClF4N2O5. The summed E-state index contributed by atoms with van der Waals surface area (Å²) in [6.45, 7) is 1.26. The Labute approximate surface area is 169 Å². The molecule has 0 N–H and O–H groups in total. The summed E-state index contributed by atoms with van der Waals surface area (Å²) in [6.07, 6.45) is 0.766. The molecule has 0 saturated heterocycles. The minimum absolute atomic E-state index is 0.167. The number of nitro groups is 1. The zero-order valence-electron chi connectivity index (χ0n) is 14.8. The maximum absolute atomic E-state index is 14.5. The van der Waals surface area contributed by atoms with Gasteiger partial charge in [0.15, 0.2) is 17.5 Å². The van der Waals surface area contributed by atoms with Crippen LogP contribution in [0.4, 0.5) is 23.2 Å². The second-order valence-corrected chi connectivity index (χ2v) is 6.21. The van der Waals surface area contributed by atoms with Gasteiger partial charge < -0.3 is 9.30 Å². The van der Waals surface area contributed by atoms with Crippen LogP contribution < -0.4 is 5.43 Å². The van der Waals surface area contributed by atoms with Gasteiger partial charge in [0.1, 0.15) is 10.6 Å². The van der Waals surface area contributed by atoms with E-state index in [1.54, 1.807) is 0 Å². The first-order chi connectivity index (χ1) is 14.1. The lowest BCUT2D eigenvalue weighted by Crippen LogP contribution is -2.22. The summed E-state index contributed by atoms with van der Waals surface area (Å²) in [6, 6.07) is 2.34. The van der Waals surface area contributed by atoms with Crippen molar-refractivity contribution in [2.75, 3.05) is 6.61 Å². The summed E-state index contributed by atoms with van der Waals surface area (Å²) in [5.41, 5.74) is -4.12. The van der Waals surface area contributed by atoms with E-state index in [1.165, 1.54) is 6.92 Å². The molecule has 0 fully saturated rings. The van der Waals surface area contributed by atoms with Gasteiger partial charge in [-0.15, -0.1) is 0 Å². The van der Waals surface area contributed by atoms with Crippen LogP contribution in [0, 0.1) is 33.4 Å². The van der Waals surface area contributed by atoms with Crippen molar-refractivity contribution < 1.29 is 32.0 Å². The van der Waals surface area contributed by atoms with E-state index in [0.717, 1.165) is 16.8 Å². The minimum Gasteiger partial charge on any atom is -0.462 e. The molecule has 0 saturated carbocycles. The molecule has 0 radical (unpaired) electrons. The van der Waals surface area contributed by atoms with E-state index >= 15 is 0 Å². The van der Waals surface area contributed by atoms with Crippen LogP contribution in [0.25, 0.3) is 16.6 Å². The third-order valence-electron chi connectivity index (χ3n) is 4.11. The van der Waals surface area contributed by atoms with E-state index < -0.39 is 66.8 Å². The molecule has 3 rings (SSSR count). The lowest BCUT2D eigenvalue weighted by molar-refractivity contribution is -0.387. The van der Waals surface area contributed by atoms with Gasteiger partial charge in [0, 0.05) is 12.3 Å². The highest BCUT2D eigenvalue weighted by molar-refractivity contribution is 6.35. The number of hydrogen-bond donors (Lipinski definition) is 0. The van der Waals surface area contributed by atoms with Crippen molar-refractivity contribution in [3.05, 3.63) is 78.6 Å². The van der Waals surface area contributed by atoms with Crippen molar-refractivity contribution in [3.8, 4) is 5.69 Å². The number of carbonyl (C=O) groups excluding carboxylic acids is 1. The standard InChI is InChI=1S/C18H9ClF4N2O5/c1-2-30-18(27)8-6-24(7-3-4-9(20)10(5-7)25(28)29)16-11(17(8)26)13(21)15(23)14(22)12(16)19/h3-6H,2H2,1H3. The topological polar surface area (TPSA) is 91.4 Å². The number of halogens is 5. The second-order valence-electron chi connectivity index (χ2n) is 5.83. The smallest absolute Gasteiger partial charge is 0.343 e. The molecule has 0 amide bonds. The molecule has 0 spiro atoms. The number of fused-ring (bicyclic) bond motifs is 1. The number of benzene rings is 2. The van der Waals surface area contributed by atoms with Crippen molar-refractivity contribution in [2.24, 2.45) is 0 Å². The predicted octanol–water partition coefficient (Wildman–Crippen LogP) is 4.29. The molecule has 156 valence electrons. The Bertz CT molecular complexity index is 1290. The largest absolute Gasteiger partial charge is 0.462 e. The van der Waals surface area contributed by atoms with Crippen molar-refractivity contribution in [2.45, 2.75) is 6.92 Å².